The van der Waals surface area contributed by atoms with Crippen molar-refractivity contribution >= 4 is 5.82 Å². The van der Waals surface area contributed by atoms with E-state index in [-0.39, 0.29) is 11.9 Å². The lowest BCUT2D eigenvalue weighted by Crippen LogP contribution is -2.26. The maximum atomic E-state index is 12.9. The lowest BCUT2D eigenvalue weighted by atomic mass is 10.2. The topological polar surface area (TPSA) is 70.8 Å². The molecule has 0 radical (unpaired) electrons. The molecule has 6 heteroatoms. The zero-order valence-corrected chi connectivity index (χ0v) is 10.7. The highest BCUT2D eigenvalue weighted by molar-refractivity contribution is 5.66. The van der Waals surface area contributed by atoms with Gasteiger partial charge in [-0.3, -0.25) is 10.1 Å². The molecule has 0 aromatic carbocycles. The molecule has 1 atom stereocenters. The van der Waals surface area contributed by atoms with Crippen LogP contribution in [-0.2, 0) is 0 Å². The first-order chi connectivity index (χ1) is 9.15. The van der Waals surface area contributed by atoms with E-state index in [0.717, 1.165) is 36.6 Å². The van der Waals surface area contributed by atoms with E-state index in [1.807, 2.05) is 6.92 Å². The molecule has 3 N–H and O–H groups in total. The number of anilines is 1. The van der Waals surface area contributed by atoms with Crippen LogP contribution in [0.4, 0.5) is 10.2 Å². The minimum Gasteiger partial charge on any atom is -0.353 e. The fourth-order valence-electron chi connectivity index (χ4n) is 2.45. The van der Waals surface area contributed by atoms with Crippen LogP contribution in [0.1, 0.15) is 12.0 Å². The Hall–Kier alpha value is -1.95. The number of aromatic amines is 1. The highest BCUT2D eigenvalue weighted by Crippen LogP contribution is 2.28. The van der Waals surface area contributed by atoms with Gasteiger partial charge in [-0.1, -0.05) is 0 Å². The third-order valence-electron chi connectivity index (χ3n) is 3.49. The second-order valence-electron chi connectivity index (χ2n) is 4.90. The lowest BCUT2D eigenvalue weighted by Gasteiger charge is -2.15. The van der Waals surface area contributed by atoms with Crippen LogP contribution in [0.25, 0.3) is 11.4 Å². The van der Waals surface area contributed by atoms with E-state index in [4.69, 9.17) is 5.73 Å². The number of nitrogens with one attached hydrogen (secondary N) is 1. The average Bonchev–Trinajstić information content (AvgIpc) is 2.97. The highest BCUT2D eigenvalue weighted by atomic mass is 19.1. The van der Waals surface area contributed by atoms with Crippen molar-refractivity contribution in [3.63, 3.8) is 0 Å². The van der Waals surface area contributed by atoms with Gasteiger partial charge in [0, 0.05) is 24.7 Å². The minimum atomic E-state index is -0.341. The number of hydrogen-bond acceptors (Lipinski definition) is 4. The molecule has 0 amide bonds. The average molecular weight is 261 g/mol. The number of pyridine rings is 1. The van der Waals surface area contributed by atoms with Gasteiger partial charge in [0.05, 0.1) is 17.6 Å². The quantitative estimate of drug-likeness (QED) is 0.858. The maximum Gasteiger partial charge on any atom is 0.154 e. The molecule has 100 valence electrons. The normalized spacial score (nSPS) is 19.1. The van der Waals surface area contributed by atoms with Crippen molar-refractivity contribution < 1.29 is 4.39 Å². The summed E-state index contributed by atoms with van der Waals surface area (Å²) >= 11 is 0. The summed E-state index contributed by atoms with van der Waals surface area (Å²) in [5.74, 6) is 0.570. The Morgan fingerprint density at radius 2 is 2.32 bits per heavy atom. The van der Waals surface area contributed by atoms with E-state index in [1.54, 1.807) is 6.07 Å². The molecule has 1 fully saturated rings. The van der Waals surface area contributed by atoms with E-state index < -0.39 is 0 Å². The van der Waals surface area contributed by atoms with Crippen molar-refractivity contribution in [2.24, 2.45) is 5.73 Å². The second kappa shape index (κ2) is 4.62. The lowest BCUT2D eigenvalue weighted by molar-refractivity contribution is 0.622. The molecule has 0 aliphatic carbocycles. The second-order valence-corrected chi connectivity index (χ2v) is 4.90. The molecule has 0 bridgehead atoms. The smallest absolute Gasteiger partial charge is 0.154 e. The van der Waals surface area contributed by atoms with Crippen LogP contribution in [0, 0.1) is 12.7 Å². The molecule has 5 nitrogen and oxygen atoms in total. The number of halogens is 1. The molecule has 1 saturated heterocycles. The zero-order valence-electron chi connectivity index (χ0n) is 10.7. The van der Waals surface area contributed by atoms with Gasteiger partial charge < -0.3 is 10.6 Å². The predicted molar refractivity (Wildman–Crippen MR) is 71.3 cm³/mol. The Labute approximate surface area is 110 Å². The van der Waals surface area contributed by atoms with Crippen LogP contribution in [-0.4, -0.2) is 34.3 Å². The summed E-state index contributed by atoms with van der Waals surface area (Å²) in [4.78, 5) is 6.24. The van der Waals surface area contributed by atoms with Gasteiger partial charge in [-0.05, 0) is 25.5 Å². The molecule has 3 rings (SSSR count). The van der Waals surface area contributed by atoms with E-state index in [0.29, 0.717) is 5.69 Å². The largest absolute Gasteiger partial charge is 0.353 e. The number of hydrogen-bond donors (Lipinski definition) is 2. The summed E-state index contributed by atoms with van der Waals surface area (Å²) in [5, 5.41) is 7.33. The molecule has 2 aromatic heterocycles. The Morgan fingerprint density at radius 1 is 1.47 bits per heavy atom. The Balaban J connectivity index is 1.92. The fraction of sp³-hybridized carbons (Fsp3) is 0.385. The third-order valence-corrected chi connectivity index (χ3v) is 3.49. The van der Waals surface area contributed by atoms with Crippen molar-refractivity contribution in [2.75, 3.05) is 18.0 Å². The molecular formula is C13H16FN5. The summed E-state index contributed by atoms with van der Waals surface area (Å²) in [6.45, 7) is 3.73. The standard InChI is InChI=1S/C13H16FN5/c1-8-12(11-3-2-9(14)6-16-11)17-18-13(8)19-5-4-10(15)7-19/h2-3,6,10H,4-5,7,15H2,1H3,(H,17,18). The summed E-state index contributed by atoms with van der Waals surface area (Å²) in [6.07, 6.45) is 2.19. The van der Waals surface area contributed by atoms with Gasteiger partial charge in [0.2, 0.25) is 0 Å². The third kappa shape index (κ3) is 2.19. The van der Waals surface area contributed by atoms with Crippen LogP contribution in [0.5, 0.6) is 0 Å². The summed E-state index contributed by atoms with van der Waals surface area (Å²) in [7, 11) is 0. The molecule has 1 unspecified atom stereocenters. The highest BCUT2D eigenvalue weighted by Gasteiger charge is 2.24. The summed E-state index contributed by atoms with van der Waals surface area (Å²) in [5.41, 5.74) is 8.46. The van der Waals surface area contributed by atoms with Gasteiger partial charge in [-0.2, -0.15) is 5.10 Å². The van der Waals surface area contributed by atoms with Crippen molar-refractivity contribution in [3.05, 3.63) is 29.7 Å². The minimum absolute atomic E-state index is 0.212. The Bertz CT molecular complexity index is 577. The first-order valence-electron chi connectivity index (χ1n) is 6.32. The monoisotopic (exact) mass is 261 g/mol. The SMILES string of the molecule is Cc1c(N2CCC(N)C2)n[nH]c1-c1ccc(F)cn1. The van der Waals surface area contributed by atoms with Crippen LogP contribution < -0.4 is 10.6 Å². The van der Waals surface area contributed by atoms with Crippen LogP contribution in [0.15, 0.2) is 18.3 Å². The van der Waals surface area contributed by atoms with Crippen LogP contribution in [0.3, 0.4) is 0 Å². The van der Waals surface area contributed by atoms with Gasteiger partial charge in [-0.25, -0.2) is 4.39 Å². The Kier molecular flexibility index (Phi) is 2.94. The maximum absolute atomic E-state index is 12.9. The van der Waals surface area contributed by atoms with Crippen molar-refractivity contribution in [1.82, 2.24) is 15.2 Å². The van der Waals surface area contributed by atoms with Gasteiger partial charge in [0.1, 0.15) is 5.82 Å². The van der Waals surface area contributed by atoms with E-state index in [2.05, 4.69) is 20.1 Å². The molecule has 3 heterocycles. The summed E-state index contributed by atoms with van der Waals surface area (Å²) < 4.78 is 12.9. The molecule has 0 spiro atoms. The predicted octanol–water partition coefficient (Wildman–Crippen LogP) is 1.46. The van der Waals surface area contributed by atoms with Gasteiger partial charge in [0.25, 0.3) is 0 Å². The number of rotatable bonds is 2. The molecule has 1 aliphatic heterocycles. The van der Waals surface area contributed by atoms with Gasteiger partial charge >= 0.3 is 0 Å². The first kappa shape index (κ1) is 12.1. The molecule has 2 aromatic rings. The zero-order chi connectivity index (χ0) is 13.4. The molecular weight excluding hydrogens is 245 g/mol. The van der Waals surface area contributed by atoms with Crippen molar-refractivity contribution in [3.8, 4) is 11.4 Å². The van der Waals surface area contributed by atoms with Gasteiger partial charge in [-0.15, -0.1) is 0 Å². The molecule has 19 heavy (non-hydrogen) atoms. The number of nitrogens with two attached hydrogens (primary N) is 1. The van der Waals surface area contributed by atoms with E-state index >= 15 is 0 Å². The van der Waals surface area contributed by atoms with Crippen LogP contribution >= 0.6 is 0 Å². The fourth-order valence-corrected chi connectivity index (χ4v) is 2.45. The number of aromatic nitrogens is 3. The van der Waals surface area contributed by atoms with Crippen LogP contribution in [0.2, 0.25) is 0 Å². The van der Waals surface area contributed by atoms with E-state index in [1.165, 1.54) is 12.3 Å². The number of H-pyrrole nitrogens is 1. The van der Waals surface area contributed by atoms with Crippen molar-refractivity contribution in [1.29, 1.82) is 0 Å². The summed E-state index contributed by atoms with van der Waals surface area (Å²) in [6, 6.07) is 3.26. The molecule has 1 aliphatic rings. The van der Waals surface area contributed by atoms with Crippen molar-refractivity contribution in [2.45, 2.75) is 19.4 Å². The Morgan fingerprint density at radius 3 is 2.95 bits per heavy atom. The van der Waals surface area contributed by atoms with E-state index in [9.17, 15) is 4.39 Å². The number of nitrogens with zero attached hydrogens (tertiary/aromatic N) is 3. The molecule has 0 saturated carbocycles. The van der Waals surface area contributed by atoms with Gasteiger partial charge in [0.15, 0.2) is 5.82 Å². The first-order valence-corrected chi connectivity index (χ1v) is 6.32.